The quantitative estimate of drug-likeness (QED) is 0.828. The van der Waals surface area contributed by atoms with E-state index in [1.807, 2.05) is 0 Å². The fraction of sp³-hybridized carbons (Fsp3) is 0.294. The van der Waals surface area contributed by atoms with Crippen LogP contribution in [0.3, 0.4) is 0 Å². The zero-order chi connectivity index (χ0) is 12.4. The molecule has 18 heavy (non-hydrogen) atoms. The number of fused-ring (bicyclic) bond motifs is 1. The van der Waals surface area contributed by atoms with Crippen LogP contribution in [0.25, 0.3) is 0 Å². The van der Waals surface area contributed by atoms with Crippen LogP contribution in [0.4, 0.5) is 5.69 Å². The summed E-state index contributed by atoms with van der Waals surface area (Å²) in [5.74, 6) is 0.656. The van der Waals surface area contributed by atoms with Crippen molar-refractivity contribution in [1.82, 2.24) is 0 Å². The van der Waals surface area contributed by atoms with Gasteiger partial charge in [-0.1, -0.05) is 42.5 Å². The Balaban J connectivity index is 1.89. The van der Waals surface area contributed by atoms with Crippen molar-refractivity contribution in [2.24, 2.45) is 0 Å². The number of hydrogen-bond donors (Lipinski definition) is 1. The van der Waals surface area contributed by atoms with Crippen LogP contribution < -0.4 is 5.32 Å². The van der Waals surface area contributed by atoms with Crippen LogP contribution in [0.1, 0.15) is 29.0 Å². The largest absolute Gasteiger partial charge is 0.385 e. The van der Waals surface area contributed by atoms with Gasteiger partial charge in [-0.2, -0.15) is 0 Å². The minimum atomic E-state index is 0.656. The Morgan fingerprint density at radius 3 is 2.72 bits per heavy atom. The highest BCUT2D eigenvalue weighted by molar-refractivity contribution is 5.55. The van der Waals surface area contributed by atoms with E-state index in [1.165, 1.54) is 28.8 Å². The average Bonchev–Trinajstić information content (AvgIpc) is 2.42. The lowest BCUT2D eigenvalue weighted by atomic mass is 9.85. The maximum absolute atomic E-state index is 3.49. The smallest absolute Gasteiger partial charge is 0.0375 e. The molecule has 1 aliphatic rings. The molecular weight excluding hydrogens is 218 g/mol. The Labute approximate surface area is 109 Å². The molecule has 1 heteroatoms. The topological polar surface area (TPSA) is 12.0 Å². The molecular formula is C17H19N. The molecule has 0 aromatic heterocycles. The molecule has 0 saturated heterocycles. The maximum Gasteiger partial charge on any atom is 0.0375 e. The zero-order valence-corrected chi connectivity index (χ0v) is 10.8. The molecule has 1 unspecified atom stereocenters. The average molecular weight is 237 g/mol. The molecule has 1 heterocycles. The lowest BCUT2D eigenvalue weighted by molar-refractivity contribution is 0.622. The van der Waals surface area contributed by atoms with Gasteiger partial charge in [-0.3, -0.25) is 0 Å². The van der Waals surface area contributed by atoms with E-state index < -0.39 is 0 Å². The number of benzene rings is 2. The second kappa shape index (κ2) is 4.85. The Hall–Kier alpha value is -1.76. The summed E-state index contributed by atoms with van der Waals surface area (Å²) in [6.45, 7) is 3.30. The van der Waals surface area contributed by atoms with Crippen LogP contribution in [0.2, 0.25) is 0 Å². The fourth-order valence-electron chi connectivity index (χ4n) is 2.87. The van der Waals surface area contributed by atoms with Crippen molar-refractivity contribution in [3.05, 3.63) is 65.2 Å². The number of nitrogens with one attached hydrogen (secondary N) is 1. The van der Waals surface area contributed by atoms with Crippen molar-refractivity contribution in [3.8, 4) is 0 Å². The third kappa shape index (κ3) is 2.13. The fourth-order valence-corrected chi connectivity index (χ4v) is 2.87. The van der Waals surface area contributed by atoms with Gasteiger partial charge in [0.05, 0.1) is 0 Å². The van der Waals surface area contributed by atoms with Gasteiger partial charge in [-0.15, -0.1) is 0 Å². The molecule has 92 valence electrons. The van der Waals surface area contributed by atoms with Crippen molar-refractivity contribution < 1.29 is 0 Å². The first-order valence-electron chi connectivity index (χ1n) is 6.72. The molecule has 0 radical (unpaired) electrons. The zero-order valence-electron chi connectivity index (χ0n) is 10.8. The Bertz CT molecular complexity index is 545. The molecule has 2 aromatic carbocycles. The molecule has 0 amide bonds. The van der Waals surface area contributed by atoms with Crippen LogP contribution in [0.5, 0.6) is 0 Å². The van der Waals surface area contributed by atoms with E-state index in [0.29, 0.717) is 5.92 Å². The minimum absolute atomic E-state index is 0.656. The summed E-state index contributed by atoms with van der Waals surface area (Å²) in [4.78, 5) is 0. The first kappa shape index (κ1) is 11.3. The second-order valence-electron chi connectivity index (χ2n) is 5.13. The molecule has 0 saturated carbocycles. The molecule has 1 aliphatic heterocycles. The van der Waals surface area contributed by atoms with Crippen LogP contribution >= 0.6 is 0 Å². The van der Waals surface area contributed by atoms with E-state index in [4.69, 9.17) is 0 Å². The highest BCUT2D eigenvalue weighted by atomic mass is 14.9. The predicted octanol–water partition coefficient (Wildman–Crippen LogP) is 4.14. The van der Waals surface area contributed by atoms with E-state index in [2.05, 4.69) is 60.8 Å². The molecule has 3 rings (SSSR count). The van der Waals surface area contributed by atoms with Gasteiger partial charge in [0.1, 0.15) is 0 Å². The predicted molar refractivity (Wildman–Crippen MR) is 77.2 cm³/mol. The molecule has 1 atom stereocenters. The summed E-state index contributed by atoms with van der Waals surface area (Å²) < 4.78 is 0. The summed E-state index contributed by atoms with van der Waals surface area (Å²) in [6, 6.07) is 17.5. The molecule has 0 fully saturated rings. The van der Waals surface area contributed by atoms with Crippen LogP contribution in [0, 0.1) is 6.92 Å². The Kier molecular flexibility index (Phi) is 3.06. The van der Waals surface area contributed by atoms with E-state index >= 15 is 0 Å². The number of rotatable bonds is 2. The normalized spacial score (nSPS) is 17.9. The second-order valence-corrected chi connectivity index (χ2v) is 5.13. The maximum atomic E-state index is 3.49. The van der Waals surface area contributed by atoms with Crippen molar-refractivity contribution in [2.75, 3.05) is 11.9 Å². The van der Waals surface area contributed by atoms with Gasteiger partial charge in [0.25, 0.3) is 0 Å². The summed E-state index contributed by atoms with van der Waals surface area (Å²) in [5.41, 5.74) is 5.70. The highest BCUT2D eigenvalue weighted by Crippen LogP contribution is 2.34. The van der Waals surface area contributed by atoms with Crippen molar-refractivity contribution in [3.63, 3.8) is 0 Å². The summed E-state index contributed by atoms with van der Waals surface area (Å²) in [5, 5.41) is 3.49. The molecule has 0 aliphatic carbocycles. The molecule has 2 aromatic rings. The van der Waals surface area contributed by atoms with E-state index in [1.54, 1.807) is 0 Å². The molecule has 1 nitrogen and oxygen atoms in total. The van der Waals surface area contributed by atoms with E-state index in [9.17, 15) is 0 Å². The van der Waals surface area contributed by atoms with Gasteiger partial charge >= 0.3 is 0 Å². The molecule has 0 spiro atoms. The monoisotopic (exact) mass is 237 g/mol. The number of anilines is 1. The first-order valence-corrected chi connectivity index (χ1v) is 6.72. The Morgan fingerprint density at radius 2 is 1.83 bits per heavy atom. The number of hydrogen-bond acceptors (Lipinski definition) is 1. The minimum Gasteiger partial charge on any atom is -0.385 e. The van der Waals surface area contributed by atoms with Gasteiger partial charge < -0.3 is 5.32 Å². The molecule has 0 bridgehead atoms. The first-order chi connectivity index (χ1) is 8.84. The third-order valence-corrected chi connectivity index (χ3v) is 3.94. The van der Waals surface area contributed by atoms with Crippen LogP contribution in [0.15, 0.2) is 48.5 Å². The van der Waals surface area contributed by atoms with Gasteiger partial charge in [-0.05, 0) is 48.4 Å². The highest BCUT2D eigenvalue weighted by Gasteiger charge is 2.20. The third-order valence-electron chi connectivity index (χ3n) is 3.94. The van der Waals surface area contributed by atoms with Crippen molar-refractivity contribution >= 4 is 5.69 Å². The van der Waals surface area contributed by atoms with Crippen LogP contribution in [-0.4, -0.2) is 6.54 Å². The van der Waals surface area contributed by atoms with Crippen LogP contribution in [-0.2, 0) is 6.42 Å². The van der Waals surface area contributed by atoms with Gasteiger partial charge in [-0.25, -0.2) is 0 Å². The molecule has 1 N–H and O–H groups in total. The van der Waals surface area contributed by atoms with Crippen molar-refractivity contribution in [2.45, 2.75) is 25.7 Å². The van der Waals surface area contributed by atoms with Gasteiger partial charge in [0.15, 0.2) is 0 Å². The van der Waals surface area contributed by atoms with Gasteiger partial charge in [0.2, 0.25) is 0 Å². The Morgan fingerprint density at radius 1 is 1.06 bits per heavy atom. The lowest BCUT2D eigenvalue weighted by Crippen LogP contribution is -2.18. The van der Waals surface area contributed by atoms with Gasteiger partial charge in [0, 0.05) is 12.2 Å². The summed E-state index contributed by atoms with van der Waals surface area (Å²) >= 11 is 0. The van der Waals surface area contributed by atoms with E-state index in [0.717, 1.165) is 13.0 Å². The lowest BCUT2D eigenvalue weighted by Gasteiger charge is -2.27. The standard InChI is InChI=1S/C17H19N/c1-13-6-2-3-7-14(13)12-15-10-11-18-17-9-5-4-8-16(15)17/h2-9,15,18H,10-12H2,1H3. The summed E-state index contributed by atoms with van der Waals surface area (Å²) in [6.07, 6.45) is 2.39. The SMILES string of the molecule is Cc1ccccc1CC1CCNc2ccccc21. The summed E-state index contributed by atoms with van der Waals surface area (Å²) in [7, 11) is 0. The van der Waals surface area contributed by atoms with Crippen molar-refractivity contribution in [1.29, 1.82) is 0 Å². The number of para-hydroxylation sites is 1. The van der Waals surface area contributed by atoms with E-state index in [-0.39, 0.29) is 0 Å². The number of aryl methyl sites for hydroxylation is 1.